The minimum atomic E-state index is 0.161. The summed E-state index contributed by atoms with van der Waals surface area (Å²) < 4.78 is 0. The molecule has 0 saturated heterocycles. The van der Waals surface area contributed by atoms with Gasteiger partial charge in [0.1, 0.15) is 5.78 Å². The standard InChI is InChI=1S/C12H18O/c1-2-12-6-8-3-9(7-12)5-10(4-8)11(12)13/h8-10H,2-7H2,1H3. The average Bonchev–Trinajstić information content (AvgIpc) is 2.12. The van der Waals surface area contributed by atoms with Gasteiger partial charge in [-0.25, -0.2) is 0 Å². The van der Waals surface area contributed by atoms with E-state index < -0.39 is 0 Å². The quantitative estimate of drug-likeness (QED) is 0.603. The van der Waals surface area contributed by atoms with Crippen LogP contribution < -0.4 is 0 Å². The number of carbonyl (C=O) groups is 1. The zero-order valence-electron chi connectivity index (χ0n) is 8.38. The number of hydrogen-bond donors (Lipinski definition) is 0. The van der Waals surface area contributed by atoms with Gasteiger partial charge < -0.3 is 0 Å². The Morgan fingerprint density at radius 1 is 1.23 bits per heavy atom. The van der Waals surface area contributed by atoms with Gasteiger partial charge >= 0.3 is 0 Å². The second kappa shape index (κ2) is 2.37. The van der Waals surface area contributed by atoms with Crippen LogP contribution in [0.2, 0.25) is 0 Å². The molecule has 0 amide bonds. The van der Waals surface area contributed by atoms with E-state index in [0.717, 1.165) is 18.3 Å². The lowest BCUT2D eigenvalue weighted by Gasteiger charge is -2.55. The van der Waals surface area contributed by atoms with E-state index in [2.05, 4.69) is 6.92 Å². The van der Waals surface area contributed by atoms with Gasteiger partial charge in [0.05, 0.1) is 0 Å². The monoisotopic (exact) mass is 178 g/mol. The third-order valence-electron chi connectivity index (χ3n) is 4.83. The average molecular weight is 178 g/mol. The van der Waals surface area contributed by atoms with Crippen molar-refractivity contribution < 1.29 is 4.79 Å². The summed E-state index contributed by atoms with van der Waals surface area (Å²) in [5, 5.41) is 0. The van der Waals surface area contributed by atoms with Gasteiger partial charge in [-0.2, -0.15) is 0 Å². The Morgan fingerprint density at radius 3 is 2.38 bits per heavy atom. The third-order valence-corrected chi connectivity index (χ3v) is 4.83. The SMILES string of the molecule is CCC12CC3CC(CC(C3)C1=O)C2. The fraction of sp³-hybridized carbons (Fsp3) is 0.917. The summed E-state index contributed by atoms with van der Waals surface area (Å²) in [4.78, 5) is 12.1. The molecule has 2 unspecified atom stereocenters. The molecule has 0 heterocycles. The first-order valence-corrected chi connectivity index (χ1v) is 5.78. The number of ketones is 1. The summed E-state index contributed by atoms with van der Waals surface area (Å²) in [6.45, 7) is 2.21. The molecular formula is C12H18O. The minimum Gasteiger partial charge on any atom is -0.299 e. The molecule has 4 bridgehead atoms. The zero-order valence-corrected chi connectivity index (χ0v) is 8.38. The lowest BCUT2D eigenvalue weighted by atomic mass is 9.48. The van der Waals surface area contributed by atoms with Gasteiger partial charge in [0.2, 0.25) is 0 Å². The smallest absolute Gasteiger partial charge is 0.142 e. The van der Waals surface area contributed by atoms with Gasteiger partial charge in [-0.3, -0.25) is 4.79 Å². The second-order valence-corrected chi connectivity index (χ2v) is 5.54. The van der Waals surface area contributed by atoms with Crippen LogP contribution in [0, 0.1) is 23.2 Å². The van der Waals surface area contributed by atoms with Crippen LogP contribution >= 0.6 is 0 Å². The van der Waals surface area contributed by atoms with Gasteiger partial charge in [-0.15, -0.1) is 0 Å². The van der Waals surface area contributed by atoms with E-state index >= 15 is 0 Å². The van der Waals surface area contributed by atoms with Crippen LogP contribution in [0.5, 0.6) is 0 Å². The minimum absolute atomic E-state index is 0.161. The molecule has 0 aromatic rings. The maximum atomic E-state index is 12.1. The van der Waals surface area contributed by atoms with E-state index in [0.29, 0.717) is 11.7 Å². The molecule has 0 radical (unpaired) electrons. The van der Waals surface area contributed by atoms with Crippen molar-refractivity contribution in [2.24, 2.45) is 23.2 Å². The van der Waals surface area contributed by atoms with E-state index in [4.69, 9.17) is 0 Å². The lowest BCUT2D eigenvalue weighted by molar-refractivity contribution is -0.153. The molecule has 4 rings (SSSR count). The van der Waals surface area contributed by atoms with Crippen LogP contribution in [0.4, 0.5) is 0 Å². The molecule has 13 heavy (non-hydrogen) atoms. The van der Waals surface area contributed by atoms with Crippen LogP contribution in [0.1, 0.15) is 45.4 Å². The van der Waals surface area contributed by atoms with E-state index in [9.17, 15) is 4.79 Å². The molecule has 72 valence electrons. The summed E-state index contributed by atoms with van der Waals surface area (Å²) in [7, 11) is 0. The van der Waals surface area contributed by atoms with Crippen molar-refractivity contribution in [3.05, 3.63) is 0 Å². The van der Waals surface area contributed by atoms with Gasteiger partial charge in [-0.05, 0) is 50.4 Å². The van der Waals surface area contributed by atoms with Crippen molar-refractivity contribution in [3.63, 3.8) is 0 Å². The van der Waals surface area contributed by atoms with E-state index in [1.165, 1.54) is 32.1 Å². The summed E-state index contributed by atoms with van der Waals surface area (Å²) in [5.74, 6) is 2.94. The van der Waals surface area contributed by atoms with Crippen LogP contribution in [0.25, 0.3) is 0 Å². The summed E-state index contributed by atoms with van der Waals surface area (Å²) in [6.07, 6.45) is 7.47. The van der Waals surface area contributed by atoms with Crippen molar-refractivity contribution in [1.82, 2.24) is 0 Å². The number of rotatable bonds is 1. The van der Waals surface area contributed by atoms with Gasteiger partial charge in [-0.1, -0.05) is 6.92 Å². The predicted molar refractivity (Wildman–Crippen MR) is 51.3 cm³/mol. The molecule has 0 aromatic carbocycles. The van der Waals surface area contributed by atoms with Crippen LogP contribution in [0.3, 0.4) is 0 Å². The van der Waals surface area contributed by atoms with Gasteiger partial charge in [0.25, 0.3) is 0 Å². The van der Waals surface area contributed by atoms with Crippen LogP contribution in [0.15, 0.2) is 0 Å². The van der Waals surface area contributed by atoms with Crippen LogP contribution in [-0.2, 0) is 4.79 Å². The molecule has 0 spiro atoms. The Labute approximate surface area is 79.9 Å². The first-order valence-electron chi connectivity index (χ1n) is 5.78. The van der Waals surface area contributed by atoms with Gasteiger partial charge in [0.15, 0.2) is 0 Å². The van der Waals surface area contributed by atoms with Crippen molar-refractivity contribution in [3.8, 4) is 0 Å². The van der Waals surface area contributed by atoms with E-state index in [1.54, 1.807) is 0 Å². The van der Waals surface area contributed by atoms with Crippen molar-refractivity contribution in [1.29, 1.82) is 0 Å². The van der Waals surface area contributed by atoms with E-state index in [-0.39, 0.29) is 5.41 Å². The van der Waals surface area contributed by atoms with Crippen molar-refractivity contribution in [2.45, 2.75) is 45.4 Å². The Morgan fingerprint density at radius 2 is 1.85 bits per heavy atom. The normalized spacial score (nSPS) is 53.0. The Kier molecular flexibility index (Phi) is 1.46. The molecule has 2 atom stereocenters. The van der Waals surface area contributed by atoms with Gasteiger partial charge in [0, 0.05) is 11.3 Å². The Bertz CT molecular complexity index is 242. The fourth-order valence-corrected chi connectivity index (χ4v) is 4.40. The lowest BCUT2D eigenvalue weighted by Crippen LogP contribution is -2.52. The van der Waals surface area contributed by atoms with E-state index in [1.807, 2.05) is 0 Å². The molecule has 1 heteroatoms. The first kappa shape index (κ1) is 8.02. The maximum absolute atomic E-state index is 12.1. The molecule has 4 aliphatic carbocycles. The third kappa shape index (κ3) is 0.908. The summed E-state index contributed by atoms with van der Waals surface area (Å²) in [5.41, 5.74) is 0.161. The molecule has 0 N–H and O–H groups in total. The molecule has 1 nitrogen and oxygen atoms in total. The second-order valence-electron chi connectivity index (χ2n) is 5.54. The van der Waals surface area contributed by atoms with Crippen molar-refractivity contribution in [2.75, 3.05) is 0 Å². The Hall–Kier alpha value is -0.330. The maximum Gasteiger partial charge on any atom is 0.142 e. The predicted octanol–water partition coefficient (Wildman–Crippen LogP) is 2.79. The summed E-state index contributed by atoms with van der Waals surface area (Å²) in [6, 6.07) is 0. The van der Waals surface area contributed by atoms with Crippen LogP contribution in [-0.4, -0.2) is 5.78 Å². The highest BCUT2D eigenvalue weighted by molar-refractivity contribution is 5.89. The first-order chi connectivity index (χ1) is 6.23. The largest absolute Gasteiger partial charge is 0.299 e. The summed E-state index contributed by atoms with van der Waals surface area (Å²) >= 11 is 0. The number of hydrogen-bond acceptors (Lipinski definition) is 1. The molecular weight excluding hydrogens is 160 g/mol. The number of carbonyl (C=O) groups excluding carboxylic acids is 1. The molecule has 4 saturated carbocycles. The highest BCUT2D eigenvalue weighted by Gasteiger charge is 2.55. The number of Topliss-reactive ketones (excluding diaryl/α,β-unsaturated/α-hetero) is 1. The van der Waals surface area contributed by atoms with Crippen molar-refractivity contribution >= 4 is 5.78 Å². The topological polar surface area (TPSA) is 17.1 Å². The zero-order chi connectivity index (χ0) is 9.05. The Balaban J connectivity index is 2.00. The highest BCUT2D eigenvalue weighted by Crippen LogP contribution is 2.59. The molecule has 0 aliphatic heterocycles. The highest BCUT2D eigenvalue weighted by atomic mass is 16.1. The molecule has 0 aromatic heterocycles. The molecule has 4 aliphatic rings. The fourth-order valence-electron chi connectivity index (χ4n) is 4.40. The molecule has 4 fully saturated rings.